The maximum atomic E-state index is 6.05. The van der Waals surface area contributed by atoms with Crippen LogP contribution < -0.4 is 19.5 Å². The summed E-state index contributed by atoms with van der Waals surface area (Å²) in [5.41, 5.74) is 2.25. The van der Waals surface area contributed by atoms with Crippen LogP contribution >= 0.6 is 8.58 Å². The Morgan fingerprint density at radius 3 is 2.43 bits per heavy atom. The molecular weight excluding hydrogens is 397 g/mol. The maximum absolute atomic E-state index is 6.05. The monoisotopic (exact) mass is 431 g/mol. The van der Waals surface area contributed by atoms with Crippen LogP contribution in [0.2, 0.25) is 0 Å². The lowest BCUT2D eigenvalue weighted by atomic mass is 9.89. The summed E-state index contributed by atoms with van der Waals surface area (Å²) in [5, 5.41) is 1.16. The van der Waals surface area contributed by atoms with Crippen molar-refractivity contribution in [2.45, 2.75) is 38.3 Å². The molecule has 2 aromatic rings. The second kappa shape index (κ2) is 11.9. The number of methoxy groups -OCH3 is 3. The van der Waals surface area contributed by atoms with Gasteiger partial charge in [-0.3, -0.25) is 4.99 Å². The fourth-order valence-corrected chi connectivity index (χ4v) is 5.60. The Morgan fingerprint density at radius 1 is 1.07 bits per heavy atom. The topological polar surface area (TPSA) is 49.3 Å². The van der Waals surface area contributed by atoms with E-state index in [0.29, 0.717) is 14.3 Å². The van der Waals surface area contributed by atoms with Crippen molar-refractivity contribution < 1.29 is 18.9 Å². The van der Waals surface area contributed by atoms with Gasteiger partial charge in [0.1, 0.15) is 5.75 Å². The van der Waals surface area contributed by atoms with Crippen molar-refractivity contribution in [2.24, 2.45) is 4.99 Å². The standard InChI is InChI=1S/C24H34NO4P/c1-7-13-24(8-2,30-22-12-10-9-11-18(22)16-25-3)20-14-19(27-5)15-21(28-6)23(20)29-17-26-4/h9-12,14-16,30H,7-8,13,17H2,1-6H3/b25-16+. The molecule has 30 heavy (non-hydrogen) atoms. The summed E-state index contributed by atoms with van der Waals surface area (Å²) in [5.74, 6) is 2.14. The summed E-state index contributed by atoms with van der Waals surface area (Å²) in [6.07, 6.45) is 4.95. The van der Waals surface area contributed by atoms with Crippen LogP contribution in [0.3, 0.4) is 0 Å². The SMILES string of the molecule is CCCC(CC)(Pc1ccccc1/C=N/C)c1cc(OC)cc(OC)c1OCOC. The van der Waals surface area contributed by atoms with Gasteiger partial charge >= 0.3 is 0 Å². The number of nitrogens with zero attached hydrogens (tertiary/aromatic N) is 1. The first-order valence-electron chi connectivity index (χ1n) is 10.3. The molecule has 0 aromatic heterocycles. The molecule has 0 saturated carbocycles. The molecule has 2 atom stereocenters. The number of hydrogen-bond donors (Lipinski definition) is 0. The number of rotatable bonds is 12. The lowest BCUT2D eigenvalue weighted by Gasteiger charge is -2.36. The second-order valence-electron chi connectivity index (χ2n) is 7.04. The molecule has 0 amide bonds. The van der Waals surface area contributed by atoms with Crippen LogP contribution in [-0.4, -0.2) is 41.4 Å². The highest BCUT2D eigenvalue weighted by Crippen LogP contribution is 2.54. The Bertz CT molecular complexity index is 840. The molecule has 2 aromatic carbocycles. The average Bonchev–Trinajstić information content (AvgIpc) is 2.78. The van der Waals surface area contributed by atoms with E-state index in [1.807, 2.05) is 19.3 Å². The number of benzene rings is 2. The lowest BCUT2D eigenvalue weighted by Crippen LogP contribution is -2.25. The fourth-order valence-electron chi connectivity index (χ4n) is 3.74. The van der Waals surface area contributed by atoms with E-state index in [1.165, 1.54) is 5.30 Å². The van der Waals surface area contributed by atoms with Crippen LogP contribution in [0.25, 0.3) is 0 Å². The molecule has 0 bridgehead atoms. The van der Waals surface area contributed by atoms with Crippen molar-refractivity contribution >= 4 is 20.1 Å². The molecule has 5 nitrogen and oxygen atoms in total. The van der Waals surface area contributed by atoms with E-state index in [0.717, 1.165) is 41.9 Å². The van der Waals surface area contributed by atoms with E-state index in [9.17, 15) is 0 Å². The van der Waals surface area contributed by atoms with Crippen LogP contribution in [0.1, 0.15) is 44.2 Å². The van der Waals surface area contributed by atoms with Gasteiger partial charge in [0, 0.05) is 37.2 Å². The first-order chi connectivity index (χ1) is 14.6. The molecule has 0 heterocycles. The summed E-state index contributed by atoms with van der Waals surface area (Å²) in [6.45, 7) is 4.62. The van der Waals surface area contributed by atoms with Crippen molar-refractivity contribution in [2.75, 3.05) is 35.2 Å². The highest BCUT2D eigenvalue weighted by Gasteiger charge is 2.35. The highest BCUT2D eigenvalue weighted by atomic mass is 31.1. The maximum Gasteiger partial charge on any atom is 0.188 e. The Hall–Kier alpha value is -2.10. The van der Waals surface area contributed by atoms with Crippen LogP contribution in [0.4, 0.5) is 0 Å². The predicted octanol–water partition coefficient (Wildman–Crippen LogP) is 5.14. The molecule has 0 aliphatic heterocycles. The largest absolute Gasteiger partial charge is 0.497 e. The van der Waals surface area contributed by atoms with Gasteiger partial charge in [-0.2, -0.15) is 0 Å². The average molecular weight is 432 g/mol. The number of hydrogen-bond acceptors (Lipinski definition) is 5. The molecular formula is C24H34NO4P. The van der Waals surface area contributed by atoms with Crippen LogP contribution in [0, 0.1) is 0 Å². The van der Waals surface area contributed by atoms with Crippen molar-refractivity contribution in [3.63, 3.8) is 0 Å². The Kier molecular flexibility index (Phi) is 9.61. The van der Waals surface area contributed by atoms with Gasteiger partial charge in [-0.05, 0) is 29.8 Å². The van der Waals surface area contributed by atoms with Gasteiger partial charge < -0.3 is 18.9 Å². The molecule has 6 heteroatoms. The Labute approximate surface area is 182 Å². The van der Waals surface area contributed by atoms with Crippen molar-refractivity contribution in [1.29, 1.82) is 0 Å². The Morgan fingerprint density at radius 2 is 1.83 bits per heavy atom. The van der Waals surface area contributed by atoms with Gasteiger partial charge in [0.2, 0.25) is 0 Å². The molecule has 0 radical (unpaired) electrons. The number of aliphatic imine (C=N–C) groups is 1. The molecule has 0 aliphatic carbocycles. The van der Waals surface area contributed by atoms with Crippen LogP contribution in [0.15, 0.2) is 41.4 Å². The molecule has 2 rings (SSSR count). The minimum absolute atomic E-state index is 0.128. The van der Waals surface area contributed by atoms with Crippen LogP contribution in [-0.2, 0) is 9.89 Å². The van der Waals surface area contributed by atoms with E-state index in [2.05, 4.69) is 49.2 Å². The smallest absolute Gasteiger partial charge is 0.188 e. The van der Waals surface area contributed by atoms with Crippen LogP contribution in [0.5, 0.6) is 17.2 Å². The molecule has 0 spiro atoms. The third kappa shape index (κ3) is 5.53. The highest BCUT2D eigenvalue weighted by molar-refractivity contribution is 7.48. The molecule has 2 unspecified atom stereocenters. The van der Waals surface area contributed by atoms with Gasteiger partial charge in [0.15, 0.2) is 18.3 Å². The third-order valence-corrected chi connectivity index (χ3v) is 7.28. The second-order valence-corrected chi connectivity index (χ2v) is 8.79. The third-order valence-electron chi connectivity index (χ3n) is 5.20. The zero-order chi connectivity index (χ0) is 22.0. The van der Waals surface area contributed by atoms with E-state index in [-0.39, 0.29) is 11.9 Å². The van der Waals surface area contributed by atoms with Gasteiger partial charge in [0.25, 0.3) is 0 Å². The molecule has 0 saturated heterocycles. The van der Waals surface area contributed by atoms with Crippen molar-refractivity contribution in [1.82, 2.24) is 0 Å². The summed E-state index contributed by atoms with van der Waals surface area (Å²) < 4.78 is 22.5. The zero-order valence-corrected chi connectivity index (χ0v) is 20.0. The zero-order valence-electron chi connectivity index (χ0n) is 19.0. The fraction of sp³-hybridized carbons (Fsp3) is 0.458. The van der Waals surface area contributed by atoms with E-state index in [1.54, 1.807) is 21.3 Å². The summed E-state index contributed by atoms with van der Waals surface area (Å²) in [7, 11) is 7.29. The number of ether oxygens (including phenoxy) is 4. The minimum atomic E-state index is -0.128. The summed E-state index contributed by atoms with van der Waals surface area (Å²) in [6, 6.07) is 12.4. The van der Waals surface area contributed by atoms with E-state index < -0.39 is 0 Å². The first kappa shape index (κ1) is 24.2. The van der Waals surface area contributed by atoms with Gasteiger partial charge in [0.05, 0.1) is 14.2 Å². The molecule has 164 valence electrons. The van der Waals surface area contributed by atoms with Crippen molar-refractivity contribution in [3.8, 4) is 17.2 Å². The molecule has 0 N–H and O–H groups in total. The lowest BCUT2D eigenvalue weighted by molar-refractivity contribution is 0.0478. The summed E-state index contributed by atoms with van der Waals surface area (Å²) in [4.78, 5) is 4.25. The summed E-state index contributed by atoms with van der Waals surface area (Å²) >= 11 is 0. The van der Waals surface area contributed by atoms with Crippen molar-refractivity contribution in [3.05, 3.63) is 47.5 Å². The molecule has 0 fully saturated rings. The Balaban J connectivity index is 2.71. The quantitative estimate of drug-likeness (QED) is 0.265. The van der Waals surface area contributed by atoms with Gasteiger partial charge in [-0.25, -0.2) is 0 Å². The normalized spacial score (nSPS) is 13.7. The van der Waals surface area contributed by atoms with E-state index >= 15 is 0 Å². The minimum Gasteiger partial charge on any atom is -0.497 e. The van der Waals surface area contributed by atoms with Gasteiger partial charge in [-0.15, -0.1) is 0 Å². The first-order valence-corrected chi connectivity index (χ1v) is 11.3. The van der Waals surface area contributed by atoms with E-state index in [4.69, 9.17) is 18.9 Å². The van der Waals surface area contributed by atoms with Gasteiger partial charge in [-0.1, -0.05) is 53.1 Å². The predicted molar refractivity (Wildman–Crippen MR) is 127 cm³/mol. The molecule has 0 aliphatic rings.